The summed E-state index contributed by atoms with van der Waals surface area (Å²) in [6.45, 7) is 2.40. The molecule has 1 aliphatic carbocycles. The van der Waals surface area contributed by atoms with Crippen LogP contribution in [0.1, 0.15) is 51.9 Å². The molecule has 0 unspecified atom stereocenters. The lowest BCUT2D eigenvalue weighted by Gasteiger charge is -2.32. The van der Waals surface area contributed by atoms with Crippen LogP contribution in [0.2, 0.25) is 0 Å². The summed E-state index contributed by atoms with van der Waals surface area (Å²) in [5.41, 5.74) is 0.131. The standard InChI is InChI=1S/C12H21NO3/c1-12(6-3-2-4-7-12)9-10(14)13-8-5-11(15)16/h2-9H2,1H3,(H,13,14)(H,15,16). The molecular weight excluding hydrogens is 206 g/mol. The zero-order valence-corrected chi connectivity index (χ0v) is 9.92. The molecule has 16 heavy (non-hydrogen) atoms. The summed E-state index contributed by atoms with van der Waals surface area (Å²) in [4.78, 5) is 21.9. The van der Waals surface area contributed by atoms with E-state index in [0.29, 0.717) is 6.42 Å². The highest BCUT2D eigenvalue weighted by Gasteiger charge is 2.29. The number of carboxylic acid groups (broad SMARTS) is 1. The first kappa shape index (κ1) is 13.0. The second-order valence-electron chi connectivity index (χ2n) is 5.04. The molecule has 4 nitrogen and oxygen atoms in total. The maximum Gasteiger partial charge on any atom is 0.305 e. The van der Waals surface area contributed by atoms with Gasteiger partial charge in [0.1, 0.15) is 0 Å². The molecule has 1 rings (SSSR count). The molecule has 1 saturated carbocycles. The summed E-state index contributed by atoms with van der Waals surface area (Å²) >= 11 is 0. The van der Waals surface area contributed by atoms with Gasteiger partial charge in [-0.15, -0.1) is 0 Å². The van der Waals surface area contributed by atoms with E-state index >= 15 is 0 Å². The Labute approximate surface area is 96.4 Å². The number of hydrogen-bond acceptors (Lipinski definition) is 2. The van der Waals surface area contributed by atoms with Crippen LogP contribution in [0.4, 0.5) is 0 Å². The van der Waals surface area contributed by atoms with Crippen molar-refractivity contribution in [1.82, 2.24) is 5.32 Å². The molecule has 0 saturated heterocycles. The average molecular weight is 227 g/mol. The quantitative estimate of drug-likeness (QED) is 0.754. The number of carbonyl (C=O) groups is 2. The van der Waals surface area contributed by atoms with Crippen LogP contribution in [-0.2, 0) is 9.59 Å². The van der Waals surface area contributed by atoms with E-state index < -0.39 is 5.97 Å². The van der Waals surface area contributed by atoms with Gasteiger partial charge in [-0.2, -0.15) is 0 Å². The summed E-state index contributed by atoms with van der Waals surface area (Å²) in [5.74, 6) is -0.880. The highest BCUT2D eigenvalue weighted by Crippen LogP contribution is 2.38. The van der Waals surface area contributed by atoms with Gasteiger partial charge in [0.2, 0.25) is 5.91 Å². The first-order valence-electron chi connectivity index (χ1n) is 6.00. The van der Waals surface area contributed by atoms with E-state index in [0.717, 1.165) is 12.8 Å². The van der Waals surface area contributed by atoms with Crippen molar-refractivity contribution < 1.29 is 14.7 Å². The minimum absolute atomic E-state index is 0.00243. The van der Waals surface area contributed by atoms with Gasteiger partial charge in [-0.1, -0.05) is 26.2 Å². The lowest BCUT2D eigenvalue weighted by atomic mass is 9.73. The summed E-state index contributed by atoms with van der Waals surface area (Å²) in [5, 5.41) is 11.1. The van der Waals surface area contributed by atoms with E-state index in [1.807, 2.05) is 0 Å². The molecule has 92 valence electrons. The van der Waals surface area contributed by atoms with Crippen molar-refractivity contribution in [3.05, 3.63) is 0 Å². The topological polar surface area (TPSA) is 66.4 Å². The van der Waals surface area contributed by atoms with Crippen LogP contribution in [0.5, 0.6) is 0 Å². The second-order valence-corrected chi connectivity index (χ2v) is 5.04. The number of carboxylic acids is 1. The number of hydrogen-bond donors (Lipinski definition) is 2. The normalized spacial score (nSPS) is 19.1. The van der Waals surface area contributed by atoms with Gasteiger partial charge in [0.05, 0.1) is 6.42 Å². The minimum Gasteiger partial charge on any atom is -0.481 e. The highest BCUT2D eigenvalue weighted by atomic mass is 16.4. The molecule has 2 N–H and O–H groups in total. The zero-order valence-electron chi connectivity index (χ0n) is 9.92. The Morgan fingerprint density at radius 3 is 2.44 bits per heavy atom. The maximum atomic E-state index is 11.6. The number of rotatable bonds is 5. The molecule has 0 aromatic heterocycles. The van der Waals surface area contributed by atoms with E-state index in [2.05, 4.69) is 12.2 Å². The molecule has 0 bridgehead atoms. The first-order valence-corrected chi connectivity index (χ1v) is 6.00. The van der Waals surface area contributed by atoms with Crippen LogP contribution < -0.4 is 5.32 Å². The minimum atomic E-state index is -0.871. The maximum absolute atomic E-state index is 11.6. The van der Waals surface area contributed by atoms with Gasteiger partial charge in [0, 0.05) is 13.0 Å². The average Bonchev–Trinajstić information content (AvgIpc) is 2.17. The van der Waals surface area contributed by atoms with E-state index in [-0.39, 0.29) is 24.3 Å². The summed E-state index contributed by atoms with van der Waals surface area (Å²) < 4.78 is 0. The van der Waals surface area contributed by atoms with Gasteiger partial charge in [-0.25, -0.2) is 0 Å². The van der Waals surface area contributed by atoms with Crippen molar-refractivity contribution in [2.24, 2.45) is 5.41 Å². The molecule has 0 spiro atoms. The first-order chi connectivity index (χ1) is 7.52. The molecule has 0 aliphatic heterocycles. The third-order valence-corrected chi connectivity index (χ3v) is 3.31. The smallest absolute Gasteiger partial charge is 0.305 e. The summed E-state index contributed by atoms with van der Waals surface area (Å²) in [6.07, 6.45) is 6.45. The molecule has 1 aliphatic rings. The lowest BCUT2D eigenvalue weighted by Crippen LogP contribution is -2.32. The van der Waals surface area contributed by atoms with Crippen LogP contribution in [0.15, 0.2) is 0 Å². The Kier molecular flexibility index (Phi) is 4.77. The number of carbonyl (C=O) groups excluding carboxylic acids is 1. The second kappa shape index (κ2) is 5.87. The van der Waals surface area contributed by atoms with Gasteiger partial charge >= 0.3 is 5.97 Å². The Morgan fingerprint density at radius 1 is 1.25 bits per heavy atom. The third-order valence-electron chi connectivity index (χ3n) is 3.31. The van der Waals surface area contributed by atoms with Crippen molar-refractivity contribution >= 4 is 11.9 Å². The van der Waals surface area contributed by atoms with Gasteiger partial charge in [0.25, 0.3) is 0 Å². The number of aliphatic carboxylic acids is 1. The molecule has 1 amide bonds. The number of nitrogens with one attached hydrogen (secondary N) is 1. The Balaban J connectivity index is 2.24. The van der Waals surface area contributed by atoms with Crippen LogP contribution in [-0.4, -0.2) is 23.5 Å². The predicted octanol–water partition coefficient (Wildman–Crippen LogP) is 1.94. The fourth-order valence-corrected chi connectivity index (χ4v) is 2.34. The number of amides is 1. The molecule has 0 atom stereocenters. The molecular formula is C12H21NO3. The van der Waals surface area contributed by atoms with Gasteiger partial charge in [-0.3, -0.25) is 9.59 Å². The van der Waals surface area contributed by atoms with Crippen LogP contribution in [0, 0.1) is 5.41 Å². The highest BCUT2D eigenvalue weighted by molar-refractivity contribution is 5.77. The van der Waals surface area contributed by atoms with Crippen LogP contribution >= 0.6 is 0 Å². The van der Waals surface area contributed by atoms with Crippen molar-refractivity contribution in [1.29, 1.82) is 0 Å². The molecule has 0 aromatic rings. The Bertz CT molecular complexity index is 257. The Morgan fingerprint density at radius 2 is 1.88 bits per heavy atom. The predicted molar refractivity (Wildman–Crippen MR) is 61.1 cm³/mol. The summed E-state index contributed by atoms with van der Waals surface area (Å²) in [7, 11) is 0. The molecule has 0 radical (unpaired) electrons. The lowest BCUT2D eigenvalue weighted by molar-refractivity contribution is -0.136. The van der Waals surface area contributed by atoms with Gasteiger partial charge in [-0.05, 0) is 18.3 Å². The largest absolute Gasteiger partial charge is 0.481 e. The van der Waals surface area contributed by atoms with E-state index in [1.165, 1.54) is 19.3 Å². The van der Waals surface area contributed by atoms with Gasteiger partial charge in [0.15, 0.2) is 0 Å². The van der Waals surface area contributed by atoms with Gasteiger partial charge < -0.3 is 10.4 Å². The van der Waals surface area contributed by atoms with E-state index in [1.54, 1.807) is 0 Å². The van der Waals surface area contributed by atoms with Crippen LogP contribution in [0.3, 0.4) is 0 Å². The van der Waals surface area contributed by atoms with Crippen molar-refractivity contribution in [2.45, 2.75) is 51.9 Å². The SMILES string of the molecule is CC1(CC(=O)NCCC(=O)O)CCCCC1. The monoisotopic (exact) mass is 227 g/mol. The third kappa shape index (κ3) is 4.64. The van der Waals surface area contributed by atoms with E-state index in [9.17, 15) is 9.59 Å². The van der Waals surface area contributed by atoms with E-state index in [4.69, 9.17) is 5.11 Å². The van der Waals surface area contributed by atoms with Crippen LogP contribution in [0.25, 0.3) is 0 Å². The zero-order chi connectivity index (χ0) is 12.0. The fourth-order valence-electron chi connectivity index (χ4n) is 2.34. The summed E-state index contributed by atoms with van der Waals surface area (Å²) in [6, 6.07) is 0. The Hall–Kier alpha value is -1.06. The molecule has 4 heteroatoms. The fraction of sp³-hybridized carbons (Fsp3) is 0.833. The molecule has 0 heterocycles. The molecule has 1 fully saturated rings. The molecule has 0 aromatic carbocycles. The van der Waals surface area contributed by atoms with Crippen molar-refractivity contribution in [2.75, 3.05) is 6.54 Å². The van der Waals surface area contributed by atoms with Crippen molar-refractivity contribution in [3.63, 3.8) is 0 Å². The van der Waals surface area contributed by atoms with Crippen molar-refractivity contribution in [3.8, 4) is 0 Å².